The molecule has 4 rings (SSSR count). The molecule has 0 spiro atoms. The van der Waals surface area contributed by atoms with Crippen LogP contribution >= 0.6 is 11.6 Å². The third-order valence-corrected chi connectivity index (χ3v) is 5.17. The highest BCUT2D eigenvalue weighted by atomic mass is 35.5. The molecule has 0 saturated carbocycles. The van der Waals surface area contributed by atoms with Crippen molar-refractivity contribution in [3.8, 4) is 0 Å². The SMILES string of the molecule is CCOC(=O)C1=NN(c2ccc(C)cc2)[C@H]2C(=O)N(c3ccc(Cl)cc3)C(=O)[C@H]12. The number of imide groups is 1. The van der Waals surface area contributed by atoms with Crippen molar-refractivity contribution < 1.29 is 19.1 Å². The largest absolute Gasteiger partial charge is 0.461 e. The fraction of sp³-hybridized carbons (Fsp3) is 0.238. The lowest BCUT2D eigenvalue weighted by Crippen LogP contribution is -2.39. The van der Waals surface area contributed by atoms with Crippen LogP contribution in [0.2, 0.25) is 5.02 Å². The van der Waals surface area contributed by atoms with E-state index in [2.05, 4.69) is 5.10 Å². The summed E-state index contributed by atoms with van der Waals surface area (Å²) in [6.45, 7) is 3.75. The van der Waals surface area contributed by atoms with Crippen LogP contribution < -0.4 is 9.91 Å². The summed E-state index contributed by atoms with van der Waals surface area (Å²) in [5.41, 5.74) is 1.98. The minimum absolute atomic E-state index is 0.0627. The van der Waals surface area contributed by atoms with E-state index in [9.17, 15) is 14.4 Å². The van der Waals surface area contributed by atoms with Gasteiger partial charge in [0.15, 0.2) is 5.71 Å². The van der Waals surface area contributed by atoms with E-state index in [1.165, 1.54) is 5.01 Å². The predicted molar refractivity (Wildman–Crippen MR) is 109 cm³/mol. The molecule has 7 nitrogen and oxygen atoms in total. The van der Waals surface area contributed by atoms with Crippen LogP contribution in [0.5, 0.6) is 0 Å². The summed E-state index contributed by atoms with van der Waals surface area (Å²) in [6.07, 6.45) is 0. The number of hydrazone groups is 1. The van der Waals surface area contributed by atoms with E-state index < -0.39 is 29.7 Å². The number of carbonyl (C=O) groups is 3. The summed E-state index contributed by atoms with van der Waals surface area (Å²) in [5, 5.41) is 6.25. The van der Waals surface area contributed by atoms with Gasteiger partial charge >= 0.3 is 5.97 Å². The zero-order chi connectivity index (χ0) is 20.7. The summed E-state index contributed by atoms with van der Waals surface area (Å²) in [5.74, 6) is -2.69. The number of aryl methyl sites for hydroxylation is 1. The van der Waals surface area contributed by atoms with E-state index in [-0.39, 0.29) is 12.3 Å². The standard InChI is InChI=1S/C21H18ClN3O4/c1-3-29-21(28)17-16-18(25(23-17)15-8-4-12(2)5-9-15)20(27)24(19(16)26)14-10-6-13(22)7-11-14/h4-11,16,18H,3H2,1-2H3/t16-,18-/m1/s1. The molecule has 2 heterocycles. The van der Waals surface area contributed by atoms with Gasteiger partial charge in [0.25, 0.3) is 5.91 Å². The number of amides is 2. The number of halogens is 1. The van der Waals surface area contributed by atoms with Crippen molar-refractivity contribution in [1.82, 2.24) is 0 Å². The molecule has 0 aromatic heterocycles. The molecule has 0 bridgehead atoms. The Labute approximate surface area is 172 Å². The number of rotatable bonds is 4. The van der Waals surface area contributed by atoms with Crippen molar-refractivity contribution in [2.45, 2.75) is 19.9 Å². The van der Waals surface area contributed by atoms with Gasteiger partial charge in [0.1, 0.15) is 12.0 Å². The Bertz CT molecular complexity index is 1020. The second kappa shape index (κ2) is 7.33. The van der Waals surface area contributed by atoms with Gasteiger partial charge in [-0.1, -0.05) is 29.3 Å². The van der Waals surface area contributed by atoms with Crippen LogP contribution in [-0.4, -0.2) is 36.1 Å². The van der Waals surface area contributed by atoms with Crippen molar-refractivity contribution in [1.29, 1.82) is 0 Å². The molecule has 1 fully saturated rings. The van der Waals surface area contributed by atoms with Gasteiger partial charge in [0.2, 0.25) is 5.91 Å². The van der Waals surface area contributed by atoms with Crippen molar-refractivity contribution in [2.24, 2.45) is 11.0 Å². The highest BCUT2D eigenvalue weighted by Crippen LogP contribution is 2.38. The smallest absolute Gasteiger partial charge is 0.355 e. The molecule has 148 valence electrons. The maximum Gasteiger partial charge on any atom is 0.355 e. The molecule has 2 aliphatic rings. The molecule has 8 heteroatoms. The van der Waals surface area contributed by atoms with Crippen molar-refractivity contribution in [2.75, 3.05) is 16.5 Å². The molecule has 2 amide bonds. The lowest BCUT2D eigenvalue weighted by Gasteiger charge is -2.22. The van der Waals surface area contributed by atoms with E-state index in [0.717, 1.165) is 10.5 Å². The van der Waals surface area contributed by atoms with Gasteiger partial charge in [0, 0.05) is 5.02 Å². The molecule has 0 aliphatic carbocycles. The average molecular weight is 412 g/mol. The highest BCUT2D eigenvalue weighted by Gasteiger charge is 2.59. The minimum Gasteiger partial charge on any atom is -0.461 e. The van der Waals surface area contributed by atoms with E-state index in [1.54, 1.807) is 43.3 Å². The van der Waals surface area contributed by atoms with Gasteiger partial charge in [0.05, 0.1) is 18.0 Å². The maximum absolute atomic E-state index is 13.3. The normalized spacial score (nSPS) is 20.7. The quantitative estimate of drug-likeness (QED) is 0.571. The van der Waals surface area contributed by atoms with Gasteiger partial charge in [-0.15, -0.1) is 0 Å². The predicted octanol–water partition coefficient (Wildman–Crippen LogP) is 2.95. The fourth-order valence-corrected chi connectivity index (χ4v) is 3.67. The van der Waals surface area contributed by atoms with Gasteiger partial charge in [-0.3, -0.25) is 14.6 Å². The topological polar surface area (TPSA) is 79.3 Å². The van der Waals surface area contributed by atoms with Crippen LogP contribution in [0.4, 0.5) is 11.4 Å². The number of carbonyl (C=O) groups excluding carboxylic acids is 3. The molecule has 0 unspecified atom stereocenters. The maximum atomic E-state index is 13.3. The summed E-state index contributed by atoms with van der Waals surface area (Å²) < 4.78 is 5.08. The van der Waals surface area contributed by atoms with Crippen molar-refractivity contribution in [3.63, 3.8) is 0 Å². The number of nitrogens with zero attached hydrogens (tertiary/aromatic N) is 3. The van der Waals surface area contributed by atoms with E-state index in [0.29, 0.717) is 16.4 Å². The van der Waals surface area contributed by atoms with E-state index in [1.807, 2.05) is 19.1 Å². The van der Waals surface area contributed by atoms with Gasteiger partial charge < -0.3 is 4.74 Å². The number of fused-ring (bicyclic) bond motifs is 1. The fourth-order valence-electron chi connectivity index (χ4n) is 3.54. The molecule has 0 radical (unpaired) electrons. The molecular formula is C21H18ClN3O4. The first-order chi connectivity index (χ1) is 13.9. The van der Waals surface area contributed by atoms with Crippen LogP contribution in [-0.2, 0) is 19.1 Å². The second-order valence-electron chi connectivity index (χ2n) is 6.80. The molecule has 29 heavy (non-hydrogen) atoms. The Kier molecular flexibility index (Phi) is 4.84. The average Bonchev–Trinajstić information content (AvgIpc) is 3.21. The lowest BCUT2D eigenvalue weighted by atomic mass is 9.97. The first kappa shape index (κ1) is 19.1. The Morgan fingerprint density at radius 2 is 1.66 bits per heavy atom. The molecular weight excluding hydrogens is 394 g/mol. The van der Waals surface area contributed by atoms with Crippen LogP contribution in [0.15, 0.2) is 53.6 Å². The highest BCUT2D eigenvalue weighted by molar-refractivity contribution is 6.47. The Morgan fingerprint density at radius 1 is 1.03 bits per heavy atom. The number of ether oxygens (including phenoxy) is 1. The Morgan fingerprint density at radius 3 is 2.28 bits per heavy atom. The summed E-state index contributed by atoms with van der Waals surface area (Å²) in [7, 11) is 0. The summed E-state index contributed by atoms with van der Waals surface area (Å²) in [4.78, 5) is 40.0. The number of esters is 1. The van der Waals surface area contributed by atoms with Crippen molar-refractivity contribution >= 4 is 46.5 Å². The zero-order valence-corrected chi connectivity index (χ0v) is 16.6. The Balaban J connectivity index is 1.78. The molecule has 2 aromatic carbocycles. The van der Waals surface area contributed by atoms with E-state index in [4.69, 9.17) is 16.3 Å². The number of hydrogen-bond acceptors (Lipinski definition) is 6. The van der Waals surface area contributed by atoms with Crippen LogP contribution in [0, 0.1) is 12.8 Å². The number of hydrogen-bond donors (Lipinski definition) is 0. The third kappa shape index (κ3) is 3.17. The van der Waals surface area contributed by atoms with Gasteiger partial charge in [-0.2, -0.15) is 5.10 Å². The monoisotopic (exact) mass is 411 g/mol. The number of benzene rings is 2. The van der Waals surface area contributed by atoms with E-state index >= 15 is 0 Å². The second-order valence-corrected chi connectivity index (χ2v) is 7.23. The molecule has 0 N–H and O–H groups in total. The molecule has 2 aliphatic heterocycles. The van der Waals surface area contributed by atoms with Crippen LogP contribution in [0.25, 0.3) is 0 Å². The van der Waals surface area contributed by atoms with Crippen LogP contribution in [0.3, 0.4) is 0 Å². The first-order valence-corrected chi connectivity index (χ1v) is 9.55. The lowest BCUT2D eigenvalue weighted by molar-refractivity contribution is -0.136. The van der Waals surface area contributed by atoms with Gasteiger partial charge in [-0.05, 0) is 50.2 Å². The summed E-state index contributed by atoms with van der Waals surface area (Å²) >= 11 is 5.93. The Hall–Kier alpha value is -3.19. The third-order valence-electron chi connectivity index (χ3n) is 4.92. The van der Waals surface area contributed by atoms with Crippen LogP contribution in [0.1, 0.15) is 12.5 Å². The summed E-state index contributed by atoms with van der Waals surface area (Å²) in [6, 6.07) is 12.8. The van der Waals surface area contributed by atoms with Crippen molar-refractivity contribution in [3.05, 3.63) is 59.1 Å². The molecule has 2 aromatic rings. The van der Waals surface area contributed by atoms with Gasteiger partial charge in [-0.25, -0.2) is 9.69 Å². The number of anilines is 2. The minimum atomic E-state index is -1.03. The molecule has 1 saturated heterocycles. The first-order valence-electron chi connectivity index (χ1n) is 9.17. The zero-order valence-electron chi connectivity index (χ0n) is 15.8. The molecule has 2 atom stereocenters.